The molecule has 94 valence electrons. The summed E-state index contributed by atoms with van der Waals surface area (Å²) in [5, 5.41) is 6.41. The summed E-state index contributed by atoms with van der Waals surface area (Å²) >= 11 is 5.79. The number of carbonyl (C=O) groups excluding carboxylic acids is 1. The minimum Gasteiger partial charge on any atom is -0.338 e. The van der Waals surface area contributed by atoms with E-state index in [9.17, 15) is 4.79 Å². The van der Waals surface area contributed by atoms with Gasteiger partial charge in [0.25, 0.3) is 0 Å². The number of benzene rings is 1. The summed E-state index contributed by atoms with van der Waals surface area (Å²) in [7, 11) is 0. The van der Waals surface area contributed by atoms with Crippen LogP contribution in [0.4, 0.5) is 4.79 Å². The van der Waals surface area contributed by atoms with Crippen molar-refractivity contribution in [3.8, 4) is 0 Å². The Morgan fingerprint density at radius 2 is 2.00 bits per heavy atom. The van der Waals surface area contributed by atoms with Gasteiger partial charge in [-0.25, -0.2) is 4.79 Å². The highest BCUT2D eigenvalue weighted by molar-refractivity contribution is 6.30. The molecule has 1 atom stereocenters. The van der Waals surface area contributed by atoms with E-state index >= 15 is 0 Å². The molecular weight excluding hydrogens is 236 g/mol. The smallest absolute Gasteiger partial charge is 0.315 e. The normalized spacial score (nSPS) is 11.9. The lowest BCUT2D eigenvalue weighted by atomic mass is 10.1. The number of hydrogen-bond donors (Lipinski definition) is 2. The zero-order valence-electron chi connectivity index (χ0n) is 10.3. The Morgan fingerprint density at radius 3 is 2.59 bits per heavy atom. The monoisotopic (exact) mass is 254 g/mol. The van der Waals surface area contributed by atoms with Gasteiger partial charge in [0, 0.05) is 17.6 Å². The molecule has 2 N–H and O–H groups in total. The van der Waals surface area contributed by atoms with Crippen molar-refractivity contribution in [2.75, 3.05) is 6.54 Å². The van der Waals surface area contributed by atoms with E-state index in [2.05, 4.69) is 10.6 Å². The largest absolute Gasteiger partial charge is 0.338 e. The van der Waals surface area contributed by atoms with Crippen molar-refractivity contribution in [3.05, 3.63) is 34.9 Å². The third-order valence-corrected chi connectivity index (χ3v) is 2.85. The highest BCUT2D eigenvalue weighted by Crippen LogP contribution is 2.09. The molecule has 1 rings (SSSR count). The van der Waals surface area contributed by atoms with Crippen LogP contribution in [0.3, 0.4) is 0 Å². The van der Waals surface area contributed by atoms with Crippen molar-refractivity contribution in [1.82, 2.24) is 10.6 Å². The van der Waals surface area contributed by atoms with Crippen LogP contribution in [0, 0.1) is 0 Å². The van der Waals surface area contributed by atoms with Gasteiger partial charge in [-0.15, -0.1) is 0 Å². The SMILES string of the molecule is CC[C@H](C)NC(=O)NCCc1ccc(Cl)cc1. The van der Waals surface area contributed by atoms with Gasteiger partial charge in [-0.1, -0.05) is 30.7 Å². The quantitative estimate of drug-likeness (QED) is 0.833. The van der Waals surface area contributed by atoms with Gasteiger partial charge in [0.2, 0.25) is 0 Å². The van der Waals surface area contributed by atoms with Crippen LogP contribution in [0.2, 0.25) is 5.02 Å². The molecule has 0 saturated heterocycles. The second kappa shape index (κ2) is 7.17. The van der Waals surface area contributed by atoms with Crippen molar-refractivity contribution >= 4 is 17.6 Å². The average Bonchev–Trinajstić information content (AvgIpc) is 2.31. The van der Waals surface area contributed by atoms with E-state index in [0.29, 0.717) is 6.54 Å². The van der Waals surface area contributed by atoms with E-state index in [0.717, 1.165) is 17.9 Å². The Labute approximate surface area is 108 Å². The van der Waals surface area contributed by atoms with E-state index in [1.54, 1.807) is 0 Å². The molecule has 0 aromatic heterocycles. The molecule has 2 amide bonds. The van der Waals surface area contributed by atoms with Crippen LogP contribution in [0.25, 0.3) is 0 Å². The zero-order valence-corrected chi connectivity index (χ0v) is 11.1. The number of halogens is 1. The fourth-order valence-electron chi connectivity index (χ4n) is 1.35. The second-order valence-electron chi connectivity index (χ2n) is 4.09. The minimum atomic E-state index is -0.103. The van der Waals surface area contributed by atoms with Crippen molar-refractivity contribution in [3.63, 3.8) is 0 Å². The first-order valence-corrected chi connectivity index (χ1v) is 6.28. The highest BCUT2D eigenvalue weighted by Gasteiger charge is 2.03. The summed E-state index contributed by atoms with van der Waals surface area (Å²) in [5.41, 5.74) is 1.17. The van der Waals surface area contributed by atoms with E-state index in [-0.39, 0.29) is 12.1 Å². The molecule has 0 aliphatic rings. The third-order valence-electron chi connectivity index (χ3n) is 2.60. The Hall–Kier alpha value is -1.22. The van der Waals surface area contributed by atoms with Gasteiger partial charge in [-0.2, -0.15) is 0 Å². The number of hydrogen-bond acceptors (Lipinski definition) is 1. The number of rotatable bonds is 5. The van der Waals surface area contributed by atoms with E-state index in [1.807, 2.05) is 38.1 Å². The molecule has 0 unspecified atom stereocenters. The van der Waals surface area contributed by atoms with E-state index in [1.165, 1.54) is 5.56 Å². The van der Waals surface area contributed by atoms with Gasteiger partial charge in [-0.3, -0.25) is 0 Å². The molecule has 1 aromatic carbocycles. The average molecular weight is 255 g/mol. The van der Waals surface area contributed by atoms with Gasteiger partial charge < -0.3 is 10.6 Å². The number of carbonyl (C=O) groups is 1. The summed E-state index contributed by atoms with van der Waals surface area (Å²) in [5.74, 6) is 0. The van der Waals surface area contributed by atoms with Crippen LogP contribution in [-0.4, -0.2) is 18.6 Å². The molecular formula is C13H19ClN2O. The van der Waals surface area contributed by atoms with Crippen LogP contribution in [0.5, 0.6) is 0 Å². The predicted octanol–water partition coefficient (Wildman–Crippen LogP) is 2.98. The number of urea groups is 1. The van der Waals surface area contributed by atoms with Gasteiger partial charge in [-0.05, 0) is 37.5 Å². The van der Waals surface area contributed by atoms with Crippen molar-refractivity contribution in [1.29, 1.82) is 0 Å². The molecule has 0 bridgehead atoms. The van der Waals surface area contributed by atoms with Gasteiger partial charge in [0.1, 0.15) is 0 Å². The molecule has 0 spiro atoms. The number of nitrogens with one attached hydrogen (secondary N) is 2. The maximum atomic E-state index is 11.4. The van der Waals surface area contributed by atoms with Crippen LogP contribution in [0.1, 0.15) is 25.8 Å². The Morgan fingerprint density at radius 1 is 1.35 bits per heavy atom. The summed E-state index contributed by atoms with van der Waals surface area (Å²) in [6.07, 6.45) is 1.75. The fraction of sp³-hybridized carbons (Fsp3) is 0.462. The first-order valence-electron chi connectivity index (χ1n) is 5.90. The van der Waals surface area contributed by atoms with Crippen LogP contribution < -0.4 is 10.6 Å². The summed E-state index contributed by atoms with van der Waals surface area (Å²) in [6, 6.07) is 7.76. The predicted molar refractivity (Wildman–Crippen MR) is 71.4 cm³/mol. The summed E-state index contributed by atoms with van der Waals surface area (Å²) in [6.45, 7) is 4.65. The highest BCUT2D eigenvalue weighted by atomic mass is 35.5. The first-order chi connectivity index (χ1) is 8.11. The van der Waals surface area contributed by atoms with E-state index < -0.39 is 0 Å². The van der Waals surface area contributed by atoms with Crippen molar-refractivity contribution in [2.24, 2.45) is 0 Å². The molecule has 0 radical (unpaired) electrons. The molecule has 17 heavy (non-hydrogen) atoms. The molecule has 1 aromatic rings. The molecule has 3 nitrogen and oxygen atoms in total. The molecule has 0 heterocycles. The Bertz CT molecular complexity index is 351. The van der Waals surface area contributed by atoms with Crippen molar-refractivity contribution < 1.29 is 4.79 Å². The molecule has 4 heteroatoms. The lowest BCUT2D eigenvalue weighted by molar-refractivity contribution is 0.237. The molecule has 0 aliphatic carbocycles. The van der Waals surface area contributed by atoms with Crippen LogP contribution in [0.15, 0.2) is 24.3 Å². The minimum absolute atomic E-state index is 0.103. The zero-order chi connectivity index (χ0) is 12.7. The Kier molecular flexibility index (Phi) is 5.84. The standard InChI is InChI=1S/C13H19ClN2O/c1-3-10(2)16-13(17)15-9-8-11-4-6-12(14)7-5-11/h4-7,10H,3,8-9H2,1-2H3,(H2,15,16,17)/t10-/m0/s1. The van der Waals surface area contributed by atoms with Crippen LogP contribution in [-0.2, 0) is 6.42 Å². The van der Waals surface area contributed by atoms with Crippen LogP contribution >= 0.6 is 11.6 Å². The lowest BCUT2D eigenvalue weighted by Crippen LogP contribution is -2.41. The second-order valence-corrected chi connectivity index (χ2v) is 4.52. The van der Waals surface area contributed by atoms with E-state index in [4.69, 9.17) is 11.6 Å². The Balaban J connectivity index is 2.23. The third kappa shape index (κ3) is 5.59. The maximum absolute atomic E-state index is 11.4. The van der Waals surface area contributed by atoms with Gasteiger partial charge in [0.05, 0.1) is 0 Å². The van der Waals surface area contributed by atoms with Gasteiger partial charge in [0.15, 0.2) is 0 Å². The lowest BCUT2D eigenvalue weighted by Gasteiger charge is -2.12. The topological polar surface area (TPSA) is 41.1 Å². The van der Waals surface area contributed by atoms with Crippen molar-refractivity contribution in [2.45, 2.75) is 32.7 Å². The summed E-state index contributed by atoms with van der Waals surface area (Å²) < 4.78 is 0. The van der Waals surface area contributed by atoms with Gasteiger partial charge >= 0.3 is 6.03 Å². The molecule has 0 aliphatic heterocycles. The molecule has 0 fully saturated rings. The fourth-order valence-corrected chi connectivity index (χ4v) is 1.47. The molecule has 0 saturated carbocycles. The number of amides is 2. The summed E-state index contributed by atoms with van der Waals surface area (Å²) in [4.78, 5) is 11.4. The first kappa shape index (κ1) is 13.8. The maximum Gasteiger partial charge on any atom is 0.315 e.